The van der Waals surface area contributed by atoms with Gasteiger partial charge in [-0.25, -0.2) is 8.42 Å². The first-order valence-corrected chi connectivity index (χ1v) is 13.7. The lowest BCUT2D eigenvalue weighted by Crippen LogP contribution is -2.32. The van der Waals surface area contributed by atoms with Crippen molar-refractivity contribution in [3.8, 4) is 0 Å². The molecule has 0 aromatic heterocycles. The van der Waals surface area contributed by atoms with Crippen LogP contribution in [0.15, 0.2) is 72.8 Å². The number of sulfonamides is 1. The predicted octanol–water partition coefficient (Wildman–Crippen LogP) is 4.98. The van der Waals surface area contributed by atoms with Gasteiger partial charge >= 0.3 is 0 Å². The Hall–Kier alpha value is -3.65. The molecular weight excluding hydrogens is 474 g/mol. The van der Waals surface area contributed by atoms with Crippen molar-refractivity contribution in [3.63, 3.8) is 0 Å². The highest BCUT2D eigenvalue weighted by Gasteiger charge is 2.20. The summed E-state index contributed by atoms with van der Waals surface area (Å²) in [5.74, 6) is -0.582. The summed E-state index contributed by atoms with van der Waals surface area (Å²) in [7, 11) is -3.52. The molecule has 0 spiro atoms. The molecular formula is C28H33N3O4S. The standard InChI is InChI=1S/C28H33N3O4S/c1-20-16-17-21(2)26(19-20)31(36(4,34)35)18-10-15-27(32)30-25-14-9-8-13-24(25)28(33)29-22(3)23-11-6-5-7-12-23/h5-9,11-14,16-17,19,22H,10,15,18H2,1-4H3,(H,29,33)(H,30,32)/t22-/m0/s1. The van der Waals surface area contributed by atoms with E-state index in [1.54, 1.807) is 24.3 Å². The van der Waals surface area contributed by atoms with Gasteiger partial charge in [0.2, 0.25) is 15.9 Å². The first-order chi connectivity index (χ1) is 17.1. The topological polar surface area (TPSA) is 95.6 Å². The lowest BCUT2D eigenvalue weighted by molar-refractivity contribution is -0.116. The SMILES string of the molecule is Cc1ccc(C)c(N(CCCC(=O)Nc2ccccc2C(=O)N[C@@H](C)c2ccccc2)S(C)(=O)=O)c1. The second kappa shape index (κ2) is 11.9. The Morgan fingerprint density at radius 2 is 1.61 bits per heavy atom. The Kier molecular flexibility index (Phi) is 8.88. The zero-order chi connectivity index (χ0) is 26.3. The fourth-order valence-electron chi connectivity index (χ4n) is 3.94. The van der Waals surface area contributed by atoms with E-state index >= 15 is 0 Å². The van der Waals surface area contributed by atoms with Crippen LogP contribution in [0.2, 0.25) is 0 Å². The highest BCUT2D eigenvalue weighted by molar-refractivity contribution is 7.92. The lowest BCUT2D eigenvalue weighted by Gasteiger charge is -2.24. The molecule has 1 atom stereocenters. The van der Waals surface area contributed by atoms with Gasteiger partial charge in [-0.15, -0.1) is 0 Å². The molecule has 190 valence electrons. The van der Waals surface area contributed by atoms with Gasteiger partial charge in [0, 0.05) is 13.0 Å². The van der Waals surface area contributed by atoms with E-state index in [4.69, 9.17) is 0 Å². The Balaban J connectivity index is 1.64. The van der Waals surface area contributed by atoms with Gasteiger partial charge in [-0.1, -0.05) is 54.6 Å². The minimum atomic E-state index is -3.52. The molecule has 3 aromatic carbocycles. The number of hydrogen-bond acceptors (Lipinski definition) is 4. The number of aryl methyl sites for hydroxylation is 2. The Morgan fingerprint density at radius 1 is 0.944 bits per heavy atom. The van der Waals surface area contributed by atoms with Gasteiger partial charge in [-0.3, -0.25) is 13.9 Å². The van der Waals surface area contributed by atoms with E-state index in [1.165, 1.54) is 10.6 Å². The van der Waals surface area contributed by atoms with E-state index < -0.39 is 10.0 Å². The summed E-state index contributed by atoms with van der Waals surface area (Å²) < 4.78 is 26.2. The fourth-order valence-corrected chi connectivity index (χ4v) is 4.95. The number of benzene rings is 3. The average Bonchev–Trinajstić information content (AvgIpc) is 2.83. The minimum absolute atomic E-state index is 0.104. The Labute approximate surface area is 213 Å². The maximum atomic E-state index is 12.9. The number of anilines is 2. The largest absolute Gasteiger partial charge is 0.345 e. The van der Waals surface area contributed by atoms with Crippen LogP contribution in [-0.4, -0.2) is 33.0 Å². The van der Waals surface area contributed by atoms with E-state index in [-0.39, 0.29) is 30.8 Å². The van der Waals surface area contributed by atoms with Crippen LogP contribution in [0.5, 0.6) is 0 Å². The second-order valence-electron chi connectivity index (χ2n) is 8.93. The normalized spacial score (nSPS) is 12.0. The molecule has 8 heteroatoms. The summed E-state index contributed by atoms with van der Waals surface area (Å²) in [6, 6.07) is 21.9. The molecule has 0 bridgehead atoms. The van der Waals surface area contributed by atoms with Crippen LogP contribution in [0.25, 0.3) is 0 Å². The smallest absolute Gasteiger partial charge is 0.253 e. The van der Waals surface area contributed by atoms with E-state index in [2.05, 4.69) is 10.6 Å². The zero-order valence-electron chi connectivity index (χ0n) is 21.1. The first-order valence-electron chi connectivity index (χ1n) is 11.9. The summed E-state index contributed by atoms with van der Waals surface area (Å²) in [5.41, 5.74) is 4.18. The van der Waals surface area contributed by atoms with Gasteiger partial charge in [0.1, 0.15) is 0 Å². The maximum Gasteiger partial charge on any atom is 0.253 e. The number of rotatable bonds is 10. The number of para-hydroxylation sites is 1. The molecule has 3 rings (SSSR count). The van der Waals surface area contributed by atoms with Crippen LogP contribution in [0, 0.1) is 13.8 Å². The van der Waals surface area contributed by atoms with Crippen molar-refractivity contribution in [1.29, 1.82) is 0 Å². The molecule has 0 saturated carbocycles. The average molecular weight is 508 g/mol. The summed E-state index contributed by atoms with van der Waals surface area (Å²) in [5, 5.41) is 5.77. The quantitative estimate of drug-likeness (QED) is 0.405. The maximum absolute atomic E-state index is 12.9. The van der Waals surface area contributed by atoms with Crippen molar-refractivity contribution in [3.05, 3.63) is 95.1 Å². The van der Waals surface area contributed by atoms with Crippen molar-refractivity contribution in [1.82, 2.24) is 5.32 Å². The second-order valence-corrected chi connectivity index (χ2v) is 10.8. The van der Waals surface area contributed by atoms with Gasteiger partial charge < -0.3 is 10.6 Å². The molecule has 3 aromatic rings. The van der Waals surface area contributed by atoms with Crippen molar-refractivity contribution >= 4 is 33.2 Å². The molecule has 0 saturated heterocycles. The third-order valence-corrected chi connectivity index (χ3v) is 7.07. The predicted molar refractivity (Wildman–Crippen MR) is 145 cm³/mol. The molecule has 2 amide bonds. The summed E-state index contributed by atoms with van der Waals surface area (Å²) in [4.78, 5) is 25.6. The van der Waals surface area contributed by atoms with Crippen LogP contribution < -0.4 is 14.9 Å². The Bertz CT molecular complexity index is 1320. The van der Waals surface area contributed by atoms with Gasteiger partial charge in [0.15, 0.2) is 0 Å². The van der Waals surface area contributed by atoms with E-state index in [0.29, 0.717) is 23.4 Å². The van der Waals surface area contributed by atoms with Crippen molar-refractivity contribution < 1.29 is 18.0 Å². The molecule has 0 fully saturated rings. The highest BCUT2D eigenvalue weighted by Crippen LogP contribution is 2.25. The van der Waals surface area contributed by atoms with Gasteiger partial charge in [-0.05, 0) is 62.1 Å². The lowest BCUT2D eigenvalue weighted by atomic mass is 10.1. The molecule has 2 N–H and O–H groups in total. The van der Waals surface area contributed by atoms with Crippen LogP contribution in [0.4, 0.5) is 11.4 Å². The number of carbonyl (C=O) groups excluding carboxylic acids is 2. The fraction of sp³-hybridized carbons (Fsp3) is 0.286. The molecule has 36 heavy (non-hydrogen) atoms. The van der Waals surface area contributed by atoms with Crippen molar-refractivity contribution in [2.45, 2.75) is 39.7 Å². The minimum Gasteiger partial charge on any atom is -0.345 e. The van der Waals surface area contributed by atoms with Gasteiger partial charge in [0.25, 0.3) is 5.91 Å². The van der Waals surface area contributed by atoms with E-state index in [1.807, 2.05) is 69.3 Å². The van der Waals surface area contributed by atoms with Crippen molar-refractivity contribution in [2.75, 3.05) is 22.4 Å². The van der Waals surface area contributed by atoms with E-state index in [0.717, 1.165) is 16.7 Å². The highest BCUT2D eigenvalue weighted by atomic mass is 32.2. The number of nitrogens with zero attached hydrogens (tertiary/aromatic N) is 1. The number of hydrogen-bond donors (Lipinski definition) is 2. The molecule has 0 heterocycles. The Morgan fingerprint density at radius 3 is 2.31 bits per heavy atom. The van der Waals surface area contributed by atoms with Crippen LogP contribution >= 0.6 is 0 Å². The number of nitrogens with one attached hydrogen (secondary N) is 2. The van der Waals surface area contributed by atoms with Gasteiger partial charge in [-0.2, -0.15) is 0 Å². The number of amides is 2. The first kappa shape index (κ1) is 26.9. The van der Waals surface area contributed by atoms with Crippen LogP contribution in [0.1, 0.15) is 52.9 Å². The van der Waals surface area contributed by atoms with Crippen LogP contribution in [0.3, 0.4) is 0 Å². The summed E-state index contributed by atoms with van der Waals surface area (Å²) in [6.07, 6.45) is 1.60. The summed E-state index contributed by atoms with van der Waals surface area (Å²) in [6.45, 7) is 5.84. The van der Waals surface area contributed by atoms with E-state index in [9.17, 15) is 18.0 Å². The molecule has 0 aliphatic carbocycles. The third kappa shape index (κ3) is 7.18. The van der Waals surface area contributed by atoms with Crippen molar-refractivity contribution in [2.24, 2.45) is 0 Å². The molecule has 0 aliphatic rings. The van der Waals surface area contributed by atoms with Gasteiger partial charge in [0.05, 0.1) is 29.2 Å². The monoisotopic (exact) mass is 507 g/mol. The number of carbonyl (C=O) groups is 2. The molecule has 0 radical (unpaired) electrons. The third-order valence-electron chi connectivity index (χ3n) is 5.89. The molecule has 7 nitrogen and oxygen atoms in total. The molecule has 0 unspecified atom stereocenters. The van der Waals surface area contributed by atoms with Crippen LogP contribution in [-0.2, 0) is 14.8 Å². The zero-order valence-corrected chi connectivity index (χ0v) is 21.9. The summed E-state index contributed by atoms with van der Waals surface area (Å²) >= 11 is 0. The molecule has 0 aliphatic heterocycles.